The number of aryl methyl sites for hydroxylation is 3. The van der Waals surface area contributed by atoms with Gasteiger partial charge in [-0.15, -0.1) is 11.3 Å². The van der Waals surface area contributed by atoms with Crippen molar-refractivity contribution in [3.05, 3.63) is 34.3 Å². The van der Waals surface area contributed by atoms with Gasteiger partial charge in [-0.1, -0.05) is 0 Å². The summed E-state index contributed by atoms with van der Waals surface area (Å²) < 4.78 is 1.97. The topological polar surface area (TPSA) is 50.9 Å². The highest BCUT2D eigenvalue weighted by Gasteiger charge is 2.12. The second-order valence-corrected chi connectivity index (χ2v) is 4.86. The van der Waals surface area contributed by atoms with Gasteiger partial charge in [-0.3, -0.25) is 0 Å². The predicted molar refractivity (Wildman–Crippen MR) is 63.3 cm³/mol. The van der Waals surface area contributed by atoms with Crippen molar-refractivity contribution in [2.45, 2.75) is 25.9 Å². The summed E-state index contributed by atoms with van der Waals surface area (Å²) in [6.07, 6.45) is 4.63. The summed E-state index contributed by atoms with van der Waals surface area (Å²) in [5, 5.41) is 12.8. The molecule has 0 aliphatic heterocycles. The van der Waals surface area contributed by atoms with Crippen LogP contribution in [0.4, 0.5) is 0 Å². The number of hydrogen-bond donors (Lipinski definition) is 1. The molecule has 5 heteroatoms. The van der Waals surface area contributed by atoms with Crippen LogP contribution in [-0.4, -0.2) is 19.6 Å². The Balaban J connectivity index is 1.93. The Morgan fingerprint density at radius 3 is 2.94 bits per heavy atom. The van der Waals surface area contributed by atoms with E-state index in [1.165, 1.54) is 0 Å². The van der Waals surface area contributed by atoms with Gasteiger partial charge >= 0.3 is 0 Å². The lowest BCUT2D eigenvalue weighted by Crippen LogP contribution is -2.03. The molecule has 2 rings (SSSR count). The summed E-state index contributed by atoms with van der Waals surface area (Å²) in [6.45, 7) is 1.94. The number of aromatic nitrogens is 3. The maximum atomic E-state index is 9.93. The van der Waals surface area contributed by atoms with Crippen molar-refractivity contribution in [3.8, 4) is 0 Å². The summed E-state index contributed by atoms with van der Waals surface area (Å²) >= 11 is 1.57. The summed E-state index contributed by atoms with van der Waals surface area (Å²) in [4.78, 5) is 8.49. The van der Waals surface area contributed by atoms with E-state index in [1.54, 1.807) is 17.5 Å². The van der Waals surface area contributed by atoms with Gasteiger partial charge in [0.25, 0.3) is 0 Å². The number of imidazole rings is 1. The van der Waals surface area contributed by atoms with Gasteiger partial charge in [-0.25, -0.2) is 9.97 Å². The van der Waals surface area contributed by atoms with Crippen LogP contribution in [0, 0.1) is 6.92 Å². The van der Waals surface area contributed by atoms with Crippen LogP contribution in [0.25, 0.3) is 0 Å². The molecule has 1 N–H and O–H groups in total. The van der Waals surface area contributed by atoms with Gasteiger partial charge in [-0.2, -0.15) is 0 Å². The average molecular weight is 237 g/mol. The lowest BCUT2D eigenvalue weighted by Gasteiger charge is -2.07. The summed E-state index contributed by atoms with van der Waals surface area (Å²) in [5.41, 5.74) is 0.775. The molecule has 2 aromatic rings. The van der Waals surface area contributed by atoms with Gasteiger partial charge in [0.15, 0.2) is 0 Å². The summed E-state index contributed by atoms with van der Waals surface area (Å²) in [5.74, 6) is 0.992. The molecular formula is C11H15N3OS. The average Bonchev–Trinajstić information content (AvgIpc) is 2.84. The Kier molecular flexibility index (Phi) is 3.36. The smallest absolute Gasteiger partial charge is 0.108 e. The van der Waals surface area contributed by atoms with Crippen LogP contribution in [0.15, 0.2) is 17.8 Å². The standard InChI is InChI=1S/C11H15N3OS/c1-8-13-9(7-16-8)10(15)3-4-11-12-5-6-14(11)2/h5-7,10,15H,3-4H2,1-2H3. The highest BCUT2D eigenvalue weighted by atomic mass is 32.1. The third-order valence-electron chi connectivity index (χ3n) is 2.54. The lowest BCUT2D eigenvalue weighted by atomic mass is 10.1. The van der Waals surface area contributed by atoms with Gasteiger partial charge in [0, 0.05) is 31.2 Å². The number of nitrogens with zero attached hydrogens (tertiary/aromatic N) is 3. The molecular weight excluding hydrogens is 222 g/mol. The van der Waals surface area contributed by atoms with E-state index in [1.807, 2.05) is 30.1 Å². The van der Waals surface area contributed by atoms with E-state index in [2.05, 4.69) is 9.97 Å². The Bertz CT molecular complexity index is 463. The van der Waals surface area contributed by atoms with E-state index in [4.69, 9.17) is 0 Å². The van der Waals surface area contributed by atoms with Crippen LogP contribution in [0.1, 0.15) is 29.1 Å². The number of aliphatic hydroxyl groups excluding tert-OH is 1. The summed E-state index contributed by atoms with van der Waals surface area (Å²) in [6, 6.07) is 0. The van der Waals surface area contributed by atoms with Gasteiger partial charge in [0.05, 0.1) is 16.8 Å². The van der Waals surface area contributed by atoms with Crippen LogP contribution in [0.2, 0.25) is 0 Å². The molecule has 0 saturated heterocycles. The SMILES string of the molecule is Cc1nc(C(O)CCc2nccn2C)cs1. The minimum absolute atomic E-state index is 0.485. The fourth-order valence-corrected chi connectivity index (χ4v) is 2.24. The molecule has 0 saturated carbocycles. The predicted octanol–water partition coefficient (Wildman–Crippen LogP) is 1.85. The molecule has 0 fully saturated rings. The molecule has 0 spiro atoms. The quantitative estimate of drug-likeness (QED) is 0.883. The van der Waals surface area contributed by atoms with E-state index in [-0.39, 0.29) is 0 Å². The second-order valence-electron chi connectivity index (χ2n) is 3.80. The molecule has 1 atom stereocenters. The zero-order chi connectivity index (χ0) is 11.5. The van der Waals surface area contributed by atoms with Gasteiger partial charge in [0.2, 0.25) is 0 Å². The first-order valence-electron chi connectivity index (χ1n) is 5.23. The van der Waals surface area contributed by atoms with Crippen LogP contribution in [0.3, 0.4) is 0 Å². The van der Waals surface area contributed by atoms with Crippen molar-refractivity contribution < 1.29 is 5.11 Å². The van der Waals surface area contributed by atoms with E-state index >= 15 is 0 Å². The van der Waals surface area contributed by atoms with Crippen LogP contribution in [-0.2, 0) is 13.5 Å². The van der Waals surface area contributed by atoms with Crippen LogP contribution >= 0.6 is 11.3 Å². The zero-order valence-corrected chi connectivity index (χ0v) is 10.2. The summed E-state index contributed by atoms with van der Waals surface area (Å²) in [7, 11) is 1.96. The largest absolute Gasteiger partial charge is 0.387 e. The molecule has 86 valence electrons. The monoisotopic (exact) mass is 237 g/mol. The zero-order valence-electron chi connectivity index (χ0n) is 9.42. The first-order chi connectivity index (χ1) is 7.66. The highest BCUT2D eigenvalue weighted by Crippen LogP contribution is 2.20. The molecule has 0 bridgehead atoms. The number of rotatable bonds is 4. The Labute approximate surface area is 98.6 Å². The van der Waals surface area contributed by atoms with Crippen molar-refractivity contribution in [1.29, 1.82) is 0 Å². The molecule has 0 aromatic carbocycles. The van der Waals surface area contributed by atoms with Crippen molar-refractivity contribution in [2.75, 3.05) is 0 Å². The molecule has 0 radical (unpaired) electrons. The number of hydrogen-bond acceptors (Lipinski definition) is 4. The molecule has 2 aromatic heterocycles. The minimum atomic E-state index is -0.485. The van der Waals surface area contributed by atoms with Crippen molar-refractivity contribution in [2.24, 2.45) is 7.05 Å². The Morgan fingerprint density at radius 1 is 1.56 bits per heavy atom. The van der Waals surface area contributed by atoms with Gasteiger partial charge < -0.3 is 9.67 Å². The second kappa shape index (κ2) is 4.76. The molecule has 0 aliphatic carbocycles. The van der Waals surface area contributed by atoms with Crippen molar-refractivity contribution in [1.82, 2.24) is 14.5 Å². The highest BCUT2D eigenvalue weighted by molar-refractivity contribution is 7.09. The van der Waals surface area contributed by atoms with E-state index in [0.29, 0.717) is 6.42 Å². The Morgan fingerprint density at radius 2 is 2.38 bits per heavy atom. The molecule has 4 nitrogen and oxygen atoms in total. The number of aliphatic hydroxyl groups is 1. The fraction of sp³-hybridized carbons (Fsp3) is 0.455. The third-order valence-corrected chi connectivity index (χ3v) is 3.33. The van der Waals surface area contributed by atoms with Crippen molar-refractivity contribution in [3.63, 3.8) is 0 Å². The van der Waals surface area contributed by atoms with Gasteiger partial charge in [0.1, 0.15) is 5.82 Å². The molecule has 0 amide bonds. The van der Waals surface area contributed by atoms with Crippen LogP contribution < -0.4 is 0 Å². The Hall–Kier alpha value is -1.20. The van der Waals surface area contributed by atoms with E-state index in [0.717, 1.165) is 22.9 Å². The normalized spacial score (nSPS) is 12.9. The maximum absolute atomic E-state index is 9.93. The molecule has 1 unspecified atom stereocenters. The number of thiazole rings is 1. The maximum Gasteiger partial charge on any atom is 0.108 e. The lowest BCUT2D eigenvalue weighted by molar-refractivity contribution is 0.162. The molecule has 0 aliphatic rings. The first-order valence-corrected chi connectivity index (χ1v) is 6.11. The van der Waals surface area contributed by atoms with Crippen LogP contribution in [0.5, 0.6) is 0 Å². The fourth-order valence-electron chi connectivity index (χ4n) is 1.58. The third kappa shape index (κ3) is 2.48. The molecule has 16 heavy (non-hydrogen) atoms. The van der Waals surface area contributed by atoms with Gasteiger partial charge in [-0.05, 0) is 13.3 Å². The van der Waals surface area contributed by atoms with Crippen molar-refractivity contribution >= 4 is 11.3 Å². The van der Waals surface area contributed by atoms with E-state index < -0.39 is 6.10 Å². The molecule has 2 heterocycles. The minimum Gasteiger partial charge on any atom is -0.387 e. The first kappa shape index (κ1) is 11.3. The van der Waals surface area contributed by atoms with E-state index in [9.17, 15) is 5.11 Å².